The van der Waals surface area contributed by atoms with Crippen LogP contribution in [0.3, 0.4) is 0 Å². The molecule has 1 heterocycles. The standard InChI is InChI=1S/C5H4F3N3O5S/c6-5(7,8)17(15,16)10-4-9-2(12)1-3(13)11(4)14/h11H,1H2,(H,9,10,12). The highest BCUT2D eigenvalue weighted by molar-refractivity contribution is 7.91. The zero-order valence-electron chi connectivity index (χ0n) is 7.74. The molecule has 2 amide bonds. The van der Waals surface area contributed by atoms with E-state index in [1.807, 2.05) is 0 Å². The van der Waals surface area contributed by atoms with Crippen LogP contribution >= 0.6 is 0 Å². The van der Waals surface area contributed by atoms with Gasteiger partial charge in [-0.2, -0.15) is 21.6 Å². The molecule has 0 spiro atoms. The number of nitrogens with zero attached hydrogens (tertiary/aromatic N) is 1. The van der Waals surface area contributed by atoms with Gasteiger partial charge < -0.3 is 5.21 Å². The molecule has 0 aromatic carbocycles. The fraction of sp³-hybridized carbons (Fsp3) is 0.400. The predicted molar refractivity (Wildman–Crippen MR) is 44.5 cm³/mol. The Morgan fingerprint density at radius 3 is 2.35 bits per heavy atom. The van der Waals surface area contributed by atoms with E-state index in [1.54, 1.807) is 0 Å². The molecule has 0 aromatic heterocycles. The summed E-state index contributed by atoms with van der Waals surface area (Å²) in [5, 5.41) is 10.8. The number of rotatable bonds is 1. The van der Waals surface area contributed by atoms with Gasteiger partial charge in [-0.1, -0.05) is 4.40 Å². The fourth-order valence-electron chi connectivity index (χ4n) is 0.827. The van der Waals surface area contributed by atoms with Crippen molar-refractivity contribution in [2.24, 2.45) is 4.40 Å². The Morgan fingerprint density at radius 2 is 1.88 bits per heavy atom. The number of quaternary nitrogens is 1. The van der Waals surface area contributed by atoms with Crippen LogP contribution in [0.5, 0.6) is 0 Å². The molecule has 2 N–H and O–H groups in total. The van der Waals surface area contributed by atoms with Crippen molar-refractivity contribution in [2.45, 2.75) is 11.9 Å². The Kier molecular flexibility index (Phi) is 3.22. The Labute approximate surface area is 91.7 Å². The molecule has 0 saturated carbocycles. The molecule has 0 aromatic rings. The van der Waals surface area contributed by atoms with Gasteiger partial charge >= 0.3 is 27.4 Å². The van der Waals surface area contributed by atoms with Crippen molar-refractivity contribution in [3.8, 4) is 0 Å². The van der Waals surface area contributed by atoms with Gasteiger partial charge in [0.15, 0.2) is 0 Å². The van der Waals surface area contributed by atoms with Gasteiger partial charge in [-0.3, -0.25) is 10.1 Å². The molecule has 0 radical (unpaired) electrons. The first kappa shape index (κ1) is 13.5. The largest absolute Gasteiger partial charge is 0.619 e. The van der Waals surface area contributed by atoms with Crippen molar-refractivity contribution in [2.75, 3.05) is 0 Å². The number of hydrogen-bond donors (Lipinski definition) is 2. The smallest absolute Gasteiger partial charge is 0.518 e. The van der Waals surface area contributed by atoms with Crippen molar-refractivity contribution in [3.63, 3.8) is 0 Å². The van der Waals surface area contributed by atoms with Gasteiger partial charge in [-0.05, 0) is 0 Å². The van der Waals surface area contributed by atoms with E-state index in [9.17, 15) is 36.4 Å². The summed E-state index contributed by atoms with van der Waals surface area (Å²) in [6.07, 6.45) is -0.857. The predicted octanol–water partition coefficient (Wildman–Crippen LogP) is -2.38. The first-order valence-electron chi connectivity index (χ1n) is 3.83. The Bertz CT molecular complexity index is 495. The molecule has 1 saturated heterocycles. The summed E-state index contributed by atoms with van der Waals surface area (Å²) in [5.41, 5.74) is -5.72. The quantitative estimate of drug-likeness (QED) is 0.409. The summed E-state index contributed by atoms with van der Waals surface area (Å²) in [5.74, 6) is -3.88. The number of halogens is 3. The number of guanidine groups is 1. The van der Waals surface area contributed by atoms with Crippen LogP contribution in [0.4, 0.5) is 13.2 Å². The van der Waals surface area contributed by atoms with E-state index < -0.39 is 44.8 Å². The molecule has 12 heteroatoms. The van der Waals surface area contributed by atoms with Gasteiger partial charge in [0.25, 0.3) is 0 Å². The SMILES string of the molecule is O=C1CC(=O)[NH+]([O-])C(=NS(=O)(=O)C(F)(F)F)N1. The summed E-state index contributed by atoms with van der Waals surface area (Å²) in [6.45, 7) is 0. The molecule has 1 atom stereocenters. The van der Waals surface area contributed by atoms with E-state index in [-0.39, 0.29) is 0 Å². The molecule has 1 fully saturated rings. The minimum absolute atomic E-state index is 0.857. The number of carbonyl (C=O) groups is 2. The van der Waals surface area contributed by atoms with Gasteiger partial charge in [0.2, 0.25) is 5.91 Å². The lowest BCUT2D eigenvalue weighted by molar-refractivity contribution is -0.663. The summed E-state index contributed by atoms with van der Waals surface area (Å²) in [4.78, 5) is 21.5. The van der Waals surface area contributed by atoms with Gasteiger partial charge in [-0.15, -0.1) is 0 Å². The molecular formula is C5H4F3N3O5S. The van der Waals surface area contributed by atoms with Crippen LogP contribution in [-0.2, 0) is 19.6 Å². The first-order valence-corrected chi connectivity index (χ1v) is 5.27. The monoisotopic (exact) mass is 275 g/mol. The third-order valence-corrected chi connectivity index (χ3v) is 2.56. The van der Waals surface area contributed by atoms with Crippen molar-refractivity contribution >= 4 is 27.8 Å². The lowest BCUT2D eigenvalue weighted by Crippen LogP contribution is -3.16. The maximum Gasteiger partial charge on any atom is 0.518 e. The molecule has 17 heavy (non-hydrogen) atoms. The third-order valence-electron chi connectivity index (χ3n) is 1.55. The second-order valence-electron chi connectivity index (χ2n) is 2.84. The highest BCUT2D eigenvalue weighted by Gasteiger charge is 2.48. The average molecular weight is 275 g/mol. The molecule has 8 nitrogen and oxygen atoms in total. The van der Waals surface area contributed by atoms with Crippen LogP contribution in [-0.4, -0.2) is 31.7 Å². The first-order chi connectivity index (χ1) is 7.54. The maximum atomic E-state index is 11.9. The van der Waals surface area contributed by atoms with E-state index in [0.717, 1.165) is 0 Å². The summed E-state index contributed by atoms with van der Waals surface area (Å²) in [6, 6.07) is 0. The number of carbonyl (C=O) groups excluding carboxylic acids is 2. The van der Waals surface area contributed by atoms with Crippen molar-refractivity contribution in [1.29, 1.82) is 0 Å². The van der Waals surface area contributed by atoms with Crippen molar-refractivity contribution < 1.29 is 36.2 Å². The minimum Gasteiger partial charge on any atom is -0.619 e. The summed E-state index contributed by atoms with van der Waals surface area (Å²) >= 11 is 0. The van der Waals surface area contributed by atoms with E-state index in [2.05, 4.69) is 4.40 Å². The van der Waals surface area contributed by atoms with E-state index in [4.69, 9.17) is 0 Å². The normalized spacial score (nSPS) is 24.9. The Morgan fingerprint density at radius 1 is 1.35 bits per heavy atom. The average Bonchev–Trinajstić information content (AvgIpc) is 2.11. The second kappa shape index (κ2) is 4.05. The van der Waals surface area contributed by atoms with Crippen LogP contribution < -0.4 is 10.4 Å². The van der Waals surface area contributed by atoms with E-state index >= 15 is 0 Å². The van der Waals surface area contributed by atoms with Gasteiger partial charge in [-0.25, -0.2) is 9.86 Å². The maximum absolute atomic E-state index is 11.9. The summed E-state index contributed by atoms with van der Waals surface area (Å²) < 4.78 is 58.9. The van der Waals surface area contributed by atoms with Crippen LogP contribution in [0.1, 0.15) is 6.42 Å². The highest BCUT2D eigenvalue weighted by Crippen LogP contribution is 2.24. The molecule has 1 aliphatic rings. The van der Waals surface area contributed by atoms with E-state index in [0.29, 0.717) is 0 Å². The zero-order chi connectivity index (χ0) is 13.4. The number of nitrogens with one attached hydrogen (secondary N) is 2. The van der Waals surface area contributed by atoms with Crippen LogP contribution in [0, 0.1) is 5.21 Å². The van der Waals surface area contributed by atoms with Gasteiger partial charge in [0, 0.05) is 0 Å². The lowest BCUT2D eigenvalue weighted by atomic mass is 10.3. The fourth-order valence-corrected chi connectivity index (χ4v) is 1.30. The number of alkyl halides is 3. The molecule has 0 bridgehead atoms. The molecular weight excluding hydrogens is 271 g/mol. The van der Waals surface area contributed by atoms with Crippen molar-refractivity contribution in [1.82, 2.24) is 5.32 Å². The molecule has 1 aliphatic heterocycles. The second-order valence-corrected chi connectivity index (χ2v) is 4.43. The molecule has 0 aliphatic carbocycles. The molecule has 96 valence electrons. The molecule has 1 rings (SSSR count). The topological polar surface area (TPSA) is 120 Å². The van der Waals surface area contributed by atoms with Crippen LogP contribution in [0.15, 0.2) is 4.40 Å². The number of sulfonamides is 1. The number of amides is 2. The van der Waals surface area contributed by atoms with E-state index in [1.165, 1.54) is 5.32 Å². The van der Waals surface area contributed by atoms with Crippen LogP contribution in [0.25, 0.3) is 0 Å². The Hall–Kier alpha value is -1.53. The summed E-state index contributed by atoms with van der Waals surface area (Å²) in [7, 11) is -5.98. The number of hydroxylamine groups is 2. The lowest BCUT2D eigenvalue weighted by Gasteiger charge is -2.23. The van der Waals surface area contributed by atoms with Crippen LogP contribution in [0.2, 0.25) is 0 Å². The number of hydrogen-bond acceptors (Lipinski definition) is 5. The van der Waals surface area contributed by atoms with Crippen molar-refractivity contribution in [3.05, 3.63) is 5.21 Å². The molecule has 1 unspecified atom stereocenters. The minimum atomic E-state index is -5.98. The highest BCUT2D eigenvalue weighted by atomic mass is 32.2. The third kappa shape index (κ3) is 2.78. The Balaban J connectivity index is 3.15. The van der Waals surface area contributed by atoms with Gasteiger partial charge in [0.1, 0.15) is 6.42 Å². The zero-order valence-corrected chi connectivity index (χ0v) is 8.55. The van der Waals surface area contributed by atoms with Gasteiger partial charge in [0.05, 0.1) is 0 Å².